The van der Waals surface area contributed by atoms with Crippen LogP contribution in [0.5, 0.6) is 5.75 Å². The molecule has 1 aliphatic rings. The van der Waals surface area contributed by atoms with Gasteiger partial charge in [-0.05, 0) is 56.2 Å². The van der Waals surface area contributed by atoms with Gasteiger partial charge in [-0.3, -0.25) is 14.4 Å². The van der Waals surface area contributed by atoms with Crippen LogP contribution in [0.3, 0.4) is 0 Å². The van der Waals surface area contributed by atoms with Gasteiger partial charge in [0.25, 0.3) is 11.8 Å². The summed E-state index contributed by atoms with van der Waals surface area (Å²) in [5, 5.41) is 5.69. The number of rotatable bonds is 7. The fourth-order valence-electron chi connectivity index (χ4n) is 4.03. The molecule has 1 heterocycles. The maximum Gasteiger partial charge on any atom is 0.262 e. The second-order valence-corrected chi connectivity index (χ2v) is 8.68. The quantitative estimate of drug-likeness (QED) is 0.531. The highest BCUT2D eigenvalue weighted by Gasteiger charge is 2.29. The molecular weight excluding hydrogens is 442 g/mol. The van der Waals surface area contributed by atoms with Crippen molar-refractivity contribution in [2.24, 2.45) is 5.92 Å². The standard InChI is InChI=1S/C28H29N3O4/c1-20-12-14-21(15-13-20)28(34)31-16-6-7-22(18-31)27(33)30-24-10-5-11-25(17-24)35-19-26(32)29-23-8-3-2-4-9-23/h2-5,8-15,17,22H,6-7,16,18-19H2,1H3,(H,29,32)(H,30,33). The van der Waals surface area contributed by atoms with E-state index in [1.54, 1.807) is 41.3 Å². The van der Waals surface area contributed by atoms with Crippen molar-refractivity contribution in [3.05, 3.63) is 90.0 Å². The summed E-state index contributed by atoms with van der Waals surface area (Å²) in [6, 6.07) is 23.6. The van der Waals surface area contributed by atoms with Crippen LogP contribution in [0.2, 0.25) is 0 Å². The molecule has 1 atom stereocenters. The number of carbonyl (C=O) groups is 3. The van der Waals surface area contributed by atoms with E-state index in [4.69, 9.17) is 4.74 Å². The van der Waals surface area contributed by atoms with Crippen LogP contribution in [0.25, 0.3) is 0 Å². The summed E-state index contributed by atoms with van der Waals surface area (Å²) in [6.45, 7) is 2.86. The predicted octanol–water partition coefficient (Wildman–Crippen LogP) is 4.50. The van der Waals surface area contributed by atoms with Crippen molar-refractivity contribution in [2.75, 3.05) is 30.3 Å². The average Bonchev–Trinajstić information content (AvgIpc) is 2.88. The van der Waals surface area contributed by atoms with Crippen molar-refractivity contribution >= 4 is 29.1 Å². The third-order valence-corrected chi connectivity index (χ3v) is 5.91. The number of para-hydroxylation sites is 1. The molecular formula is C28H29N3O4. The first kappa shape index (κ1) is 24.0. The lowest BCUT2D eigenvalue weighted by Gasteiger charge is -2.32. The molecule has 2 N–H and O–H groups in total. The van der Waals surface area contributed by atoms with E-state index in [0.29, 0.717) is 35.8 Å². The first-order valence-corrected chi connectivity index (χ1v) is 11.7. The Hall–Kier alpha value is -4.13. The molecule has 1 fully saturated rings. The molecule has 0 aromatic heterocycles. The number of hydrogen-bond acceptors (Lipinski definition) is 4. The van der Waals surface area contributed by atoms with Crippen LogP contribution in [-0.4, -0.2) is 42.3 Å². The van der Waals surface area contributed by atoms with Gasteiger partial charge in [-0.25, -0.2) is 0 Å². The highest BCUT2D eigenvalue weighted by atomic mass is 16.5. The Labute approximate surface area is 205 Å². The molecule has 3 aromatic rings. The largest absolute Gasteiger partial charge is 0.484 e. The summed E-state index contributed by atoms with van der Waals surface area (Å²) in [4.78, 5) is 39.7. The van der Waals surface area contributed by atoms with Gasteiger partial charge in [0.2, 0.25) is 5.91 Å². The number of anilines is 2. The van der Waals surface area contributed by atoms with Crippen molar-refractivity contribution in [3.63, 3.8) is 0 Å². The summed E-state index contributed by atoms with van der Waals surface area (Å²) in [7, 11) is 0. The minimum absolute atomic E-state index is 0.0494. The molecule has 0 saturated carbocycles. The van der Waals surface area contributed by atoms with Gasteiger partial charge in [-0.2, -0.15) is 0 Å². The van der Waals surface area contributed by atoms with Crippen LogP contribution in [0.1, 0.15) is 28.8 Å². The summed E-state index contributed by atoms with van der Waals surface area (Å²) in [5.74, 6) is -0.270. The van der Waals surface area contributed by atoms with E-state index in [1.165, 1.54) is 0 Å². The van der Waals surface area contributed by atoms with E-state index in [2.05, 4.69) is 10.6 Å². The van der Waals surface area contributed by atoms with Gasteiger partial charge in [-0.15, -0.1) is 0 Å². The lowest BCUT2D eigenvalue weighted by Crippen LogP contribution is -2.43. The highest BCUT2D eigenvalue weighted by molar-refractivity contribution is 5.96. The number of piperidine rings is 1. The summed E-state index contributed by atoms with van der Waals surface area (Å²) in [6.07, 6.45) is 1.49. The van der Waals surface area contributed by atoms with Gasteiger partial charge in [0.05, 0.1) is 5.92 Å². The molecule has 3 amide bonds. The van der Waals surface area contributed by atoms with Crippen LogP contribution in [-0.2, 0) is 9.59 Å². The number of nitrogens with one attached hydrogen (secondary N) is 2. The van der Waals surface area contributed by atoms with E-state index in [9.17, 15) is 14.4 Å². The molecule has 0 spiro atoms. The number of nitrogens with zero attached hydrogens (tertiary/aromatic N) is 1. The number of ether oxygens (including phenoxy) is 1. The third kappa shape index (κ3) is 6.69. The van der Waals surface area contributed by atoms with E-state index in [-0.39, 0.29) is 30.2 Å². The molecule has 1 unspecified atom stereocenters. The van der Waals surface area contributed by atoms with Crippen molar-refractivity contribution in [3.8, 4) is 5.75 Å². The van der Waals surface area contributed by atoms with Gasteiger partial charge in [0.1, 0.15) is 5.75 Å². The molecule has 7 heteroatoms. The number of carbonyl (C=O) groups excluding carboxylic acids is 3. The van der Waals surface area contributed by atoms with Gasteiger partial charge >= 0.3 is 0 Å². The van der Waals surface area contributed by atoms with Crippen LogP contribution in [0.4, 0.5) is 11.4 Å². The predicted molar refractivity (Wildman–Crippen MR) is 135 cm³/mol. The van der Waals surface area contributed by atoms with E-state index in [1.807, 2.05) is 49.4 Å². The molecule has 0 aliphatic carbocycles. The molecule has 1 saturated heterocycles. The Morgan fingerprint density at radius 3 is 2.43 bits per heavy atom. The minimum Gasteiger partial charge on any atom is -0.484 e. The monoisotopic (exact) mass is 471 g/mol. The van der Waals surface area contributed by atoms with Crippen LogP contribution >= 0.6 is 0 Å². The average molecular weight is 472 g/mol. The molecule has 180 valence electrons. The molecule has 3 aromatic carbocycles. The number of aryl methyl sites for hydroxylation is 1. The lowest BCUT2D eigenvalue weighted by atomic mass is 9.96. The first-order valence-electron chi connectivity index (χ1n) is 11.7. The first-order chi connectivity index (χ1) is 17.0. The highest BCUT2D eigenvalue weighted by Crippen LogP contribution is 2.23. The number of amides is 3. The van der Waals surface area contributed by atoms with Crippen LogP contribution in [0, 0.1) is 12.8 Å². The Kier molecular flexibility index (Phi) is 7.77. The lowest BCUT2D eigenvalue weighted by molar-refractivity contribution is -0.121. The number of hydrogen-bond donors (Lipinski definition) is 2. The number of benzene rings is 3. The van der Waals surface area contributed by atoms with Crippen molar-refractivity contribution in [2.45, 2.75) is 19.8 Å². The summed E-state index contributed by atoms with van der Waals surface area (Å²) >= 11 is 0. The van der Waals surface area contributed by atoms with Gasteiger partial charge in [0, 0.05) is 36.1 Å². The van der Waals surface area contributed by atoms with E-state index >= 15 is 0 Å². The Morgan fingerprint density at radius 1 is 0.914 bits per heavy atom. The summed E-state index contributed by atoms with van der Waals surface area (Å²) in [5.41, 5.74) is 3.01. The third-order valence-electron chi connectivity index (χ3n) is 5.91. The minimum atomic E-state index is -0.292. The van der Waals surface area contributed by atoms with Crippen molar-refractivity contribution in [1.29, 1.82) is 0 Å². The normalized spacial score (nSPS) is 15.2. The Bertz CT molecular complexity index is 1180. The molecule has 1 aliphatic heterocycles. The second kappa shape index (κ2) is 11.3. The molecule has 35 heavy (non-hydrogen) atoms. The zero-order valence-electron chi connectivity index (χ0n) is 19.7. The van der Waals surface area contributed by atoms with Gasteiger partial charge < -0.3 is 20.3 Å². The molecule has 7 nitrogen and oxygen atoms in total. The Morgan fingerprint density at radius 2 is 1.66 bits per heavy atom. The van der Waals surface area contributed by atoms with E-state index < -0.39 is 0 Å². The maximum atomic E-state index is 12.9. The van der Waals surface area contributed by atoms with Gasteiger partial charge in [-0.1, -0.05) is 42.0 Å². The Balaban J connectivity index is 1.30. The number of likely N-dealkylation sites (tertiary alicyclic amines) is 1. The molecule has 0 radical (unpaired) electrons. The maximum absolute atomic E-state index is 12.9. The topological polar surface area (TPSA) is 87.7 Å². The fourth-order valence-corrected chi connectivity index (χ4v) is 4.03. The van der Waals surface area contributed by atoms with E-state index in [0.717, 1.165) is 18.4 Å². The van der Waals surface area contributed by atoms with Crippen molar-refractivity contribution in [1.82, 2.24) is 4.90 Å². The summed E-state index contributed by atoms with van der Waals surface area (Å²) < 4.78 is 5.60. The molecule has 4 rings (SSSR count). The molecule has 0 bridgehead atoms. The van der Waals surface area contributed by atoms with Crippen LogP contribution in [0.15, 0.2) is 78.9 Å². The van der Waals surface area contributed by atoms with Crippen molar-refractivity contribution < 1.29 is 19.1 Å². The SMILES string of the molecule is Cc1ccc(C(=O)N2CCCC(C(=O)Nc3cccc(OCC(=O)Nc4ccccc4)c3)C2)cc1. The van der Waals surface area contributed by atoms with Crippen LogP contribution < -0.4 is 15.4 Å². The second-order valence-electron chi connectivity index (χ2n) is 8.68. The van der Waals surface area contributed by atoms with Gasteiger partial charge in [0.15, 0.2) is 6.61 Å². The smallest absolute Gasteiger partial charge is 0.262 e. The zero-order valence-corrected chi connectivity index (χ0v) is 19.7. The zero-order chi connectivity index (χ0) is 24.6. The fraction of sp³-hybridized carbons (Fsp3) is 0.250.